The molecule has 0 bridgehead atoms. The van der Waals surface area contributed by atoms with E-state index in [-0.39, 0.29) is 0 Å². The molecule has 32 heavy (non-hydrogen) atoms. The summed E-state index contributed by atoms with van der Waals surface area (Å²) in [6.45, 7) is 22.0. The Kier molecular flexibility index (Phi) is 27.7. The zero-order valence-electron chi connectivity index (χ0n) is 23.0. The van der Waals surface area contributed by atoms with Gasteiger partial charge < -0.3 is 29.9 Å². The van der Waals surface area contributed by atoms with E-state index in [1.165, 1.54) is 116 Å². The Labute approximate surface area is 206 Å². The number of nitrogens with two attached hydrogens (primary N) is 3. The molecule has 0 saturated carbocycles. The molecule has 196 valence electrons. The van der Waals surface area contributed by atoms with Crippen LogP contribution >= 0.6 is 0 Å². The van der Waals surface area contributed by atoms with Crippen molar-refractivity contribution in [1.82, 2.24) is 13.7 Å². The van der Waals surface area contributed by atoms with Crippen molar-refractivity contribution in [1.29, 1.82) is 0 Å². The number of unbranched alkanes of at least 4 members (excludes halogenated alkanes) is 6. The van der Waals surface area contributed by atoms with Gasteiger partial charge in [0, 0.05) is 0 Å². The topological polar surface area (TPSA) is 87.8 Å². The quantitative estimate of drug-likeness (QED) is 0.211. The van der Waals surface area contributed by atoms with E-state index in [0.29, 0.717) is 0 Å². The van der Waals surface area contributed by atoms with Gasteiger partial charge in [0.05, 0.1) is 0 Å². The van der Waals surface area contributed by atoms with E-state index in [9.17, 15) is 0 Å². The lowest BCUT2D eigenvalue weighted by Gasteiger charge is -2.45. The summed E-state index contributed by atoms with van der Waals surface area (Å²) in [6, 6.07) is 0. The predicted molar refractivity (Wildman–Crippen MR) is 151 cm³/mol. The molecular formula is C24H62N6Si2. The Hall–Kier alpha value is 0.194. The zero-order valence-corrected chi connectivity index (χ0v) is 25.3. The Bertz CT molecular complexity index is 289. The van der Waals surface area contributed by atoms with Crippen LogP contribution in [0.2, 0.25) is 0 Å². The fourth-order valence-electron chi connectivity index (χ4n) is 3.89. The SMILES string of the molecule is CCCCN(CCCC)[SiH](N(CCCC)CCCC)N(CCCC)CCCC.N[SiH](N)N. The van der Waals surface area contributed by atoms with Gasteiger partial charge in [-0.05, 0) is 77.8 Å². The van der Waals surface area contributed by atoms with Gasteiger partial charge in [0.1, 0.15) is 0 Å². The summed E-state index contributed by atoms with van der Waals surface area (Å²) < 4.78 is 8.97. The van der Waals surface area contributed by atoms with E-state index in [2.05, 4.69) is 55.2 Å². The maximum atomic E-state index is 4.81. The monoisotopic (exact) mass is 490 g/mol. The third-order valence-corrected chi connectivity index (χ3v) is 9.28. The fraction of sp³-hybridized carbons (Fsp3) is 1.00. The first-order valence-electron chi connectivity index (χ1n) is 13.9. The number of rotatable bonds is 21. The molecule has 0 atom stereocenters. The van der Waals surface area contributed by atoms with Crippen molar-refractivity contribution in [3.8, 4) is 0 Å². The first-order valence-corrected chi connectivity index (χ1v) is 17.5. The summed E-state index contributed by atoms with van der Waals surface area (Å²) in [5, 5.41) is 14.4. The maximum absolute atomic E-state index is 4.81. The van der Waals surface area contributed by atoms with E-state index in [0.717, 1.165) is 0 Å². The molecule has 0 rings (SSSR count). The average Bonchev–Trinajstić information content (AvgIpc) is 2.77. The van der Waals surface area contributed by atoms with Crippen LogP contribution in [0.1, 0.15) is 119 Å². The van der Waals surface area contributed by atoms with E-state index in [4.69, 9.17) is 16.2 Å². The third kappa shape index (κ3) is 19.6. The minimum absolute atomic E-state index is 1.27. The second-order valence-corrected chi connectivity index (χ2v) is 13.2. The Morgan fingerprint density at radius 3 is 0.688 bits per heavy atom. The van der Waals surface area contributed by atoms with Crippen molar-refractivity contribution in [2.24, 2.45) is 16.2 Å². The van der Waals surface area contributed by atoms with Gasteiger partial charge in [-0.1, -0.05) is 80.1 Å². The lowest BCUT2D eigenvalue weighted by atomic mass is 10.3. The molecule has 0 heterocycles. The average molecular weight is 491 g/mol. The standard InChI is InChI=1S/C24H55N3Si.H7N3Si/c1-7-13-19-25(20-14-8-2)28(26(21-15-9-3)22-16-10-4)27(23-17-11-5)24-18-12-6;1-4(2)3/h28H,7-24H2,1-6H3;4H,1-3H2. The molecule has 0 fully saturated rings. The molecule has 0 amide bonds. The molecule has 0 spiro atoms. The van der Waals surface area contributed by atoms with Crippen LogP contribution in [-0.4, -0.2) is 71.5 Å². The Morgan fingerprint density at radius 1 is 0.406 bits per heavy atom. The molecule has 6 nitrogen and oxygen atoms in total. The van der Waals surface area contributed by atoms with Gasteiger partial charge in [0.2, 0.25) is 0 Å². The highest BCUT2D eigenvalue weighted by molar-refractivity contribution is 6.49. The van der Waals surface area contributed by atoms with Crippen LogP contribution in [0, 0.1) is 0 Å². The molecule has 0 aromatic rings. The van der Waals surface area contributed by atoms with Crippen molar-refractivity contribution >= 4 is 18.6 Å². The molecule has 6 N–H and O–H groups in total. The van der Waals surface area contributed by atoms with Gasteiger partial charge >= 0.3 is 0 Å². The van der Waals surface area contributed by atoms with Gasteiger partial charge in [-0.2, -0.15) is 0 Å². The van der Waals surface area contributed by atoms with Gasteiger partial charge in [0.25, 0.3) is 18.6 Å². The van der Waals surface area contributed by atoms with E-state index >= 15 is 0 Å². The highest BCUT2D eigenvalue weighted by Crippen LogP contribution is 2.15. The second kappa shape index (κ2) is 25.8. The van der Waals surface area contributed by atoms with Gasteiger partial charge in [-0.15, -0.1) is 0 Å². The number of nitrogens with zero attached hydrogens (tertiary/aromatic N) is 3. The fourth-order valence-corrected chi connectivity index (χ4v) is 7.76. The smallest absolute Gasteiger partial charge is 0.272 e. The van der Waals surface area contributed by atoms with Crippen LogP contribution in [0.4, 0.5) is 0 Å². The second-order valence-electron chi connectivity index (χ2n) is 9.15. The molecule has 0 unspecified atom stereocenters. The number of hydrogen-bond donors (Lipinski definition) is 3. The first-order chi connectivity index (χ1) is 15.4. The number of hydrogen-bond acceptors (Lipinski definition) is 6. The lowest BCUT2D eigenvalue weighted by Crippen LogP contribution is -2.64. The molecule has 0 aromatic heterocycles. The maximum Gasteiger partial charge on any atom is 0.272 e. The summed E-state index contributed by atoms with van der Waals surface area (Å²) in [5.74, 6) is 0. The molecule has 0 radical (unpaired) electrons. The van der Waals surface area contributed by atoms with Crippen molar-refractivity contribution in [3.05, 3.63) is 0 Å². The van der Waals surface area contributed by atoms with E-state index in [1.807, 2.05) is 0 Å². The van der Waals surface area contributed by atoms with Crippen molar-refractivity contribution in [3.63, 3.8) is 0 Å². The predicted octanol–water partition coefficient (Wildman–Crippen LogP) is 3.99. The van der Waals surface area contributed by atoms with Crippen LogP contribution in [0.25, 0.3) is 0 Å². The third-order valence-electron chi connectivity index (χ3n) is 5.77. The van der Waals surface area contributed by atoms with Gasteiger partial charge in [-0.25, -0.2) is 0 Å². The van der Waals surface area contributed by atoms with Crippen molar-refractivity contribution < 1.29 is 0 Å². The van der Waals surface area contributed by atoms with E-state index < -0.39 is 18.6 Å². The summed E-state index contributed by atoms with van der Waals surface area (Å²) in [6.07, 6.45) is 16.1. The molecule has 0 aliphatic carbocycles. The van der Waals surface area contributed by atoms with Crippen LogP contribution in [0.5, 0.6) is 0 Å². The van der Waals surface area contributed by atoms with Crippen LogP contribution < -0.4 is 16.2 Å². The summed E-state index contributed by atoms with van der Waals surface area (Å²) in [4.78, 5) is 0. The van der Waals surface area contributed by atoms with Gasteiger partial charge in [-0.3, -0.25) is 0 Å². The largest absolute Gasteiger partial charge is 0.330 e. The van der Waals surface area contributed by atoms with Gasteiger partial charge in [0.15, 0.2) is 0 Å². The molecule has 0 saturated heterocycles. The molecule has 0 aliphatic heterocycles. The summed E-state index contributed by atoms with van der Waals surface area (Å²) in [5.41, 5.74) is 0. The lowest BCUT2D eigenvalue weighted by molar-refractivity contribution is 0.251. The minimum Gasteiger partial charge on any atom is -0.330 e. The Balaban J connectivity index is 0. The van der Waals surface area contributed by atoms with Crippen LogP contribution in [0.3, 0.4) is 0 Å². The zero-order chi connectivity index (χ0) is 24.6. The van der Waals surface area contributed by atoms with Crippen LogP contribution in [-0.2, 0) is 0 Å². The van der Waals surface area contributed by atoms with E-state index in [1.54, 1.807) is 0 Å². The Morgan fingerprint density at radius 2 is 0.562 bits per heavy atom. The molecule has 8 heteroatoms. The summed E-state index contributed by atoms with van der Waals surface area (Å²) in [7, 11) is -2.91. The normalized spacial score (nSPS) is 11.8. The van der Waals surface area contributed by atoms with Crippen LogP contribution in [0.15, 0.2) is 0 Å². The minimum atomic E-state index is -1.64. The highest BCUT2D eigenvalue weighted by atomic mass is 28.3. The van der Waals surface area contributed by atoms with Crippen molar-refractivity contribution in [2.45, 2.75) is 119 Å². The molecular weight excluding hydrogens is 428 g/mol. The van der Waals surface area contributed by atoms with Crippen molar-refractivity contribution in [2.75, 3.05) is 39.3 Å². The molecule has 0 aromatic carbocycles. The molecule has 0 aliphatic rings. The first kappa shape index (κ1) is 34.4. The summed E-state index contributed by atoms with van der Waals surface area (Å²) >= 11 is 0. The highest BCUT2D eigenvalue weighted by Gasteiger charge is 2.32.